The van der Waals surface area contributed by atoms with E-state index in [1.807, 2.05) is 24.8 Å². The molecule has 2 nitrogen and oxygen atoms in total. The molecule has 0 aromatic heterocycles. The topological polar surface area (TPSA) is 20.3 Å². The predicted molar refractivity (Wildman–Crippen MR) is 67.5 cm³/mol. The summed E-state index contributed by atoms with van der Waals surface area (Å²) in [4.78, 5) is 13.8. The number of Topliss-reactive ketones (excluding diaryl/α,β-unsaturated/α-hetero) is 1. The number of halogens is 2. The highest BCUT2D eigenvalue weighted by Crippen LogP contribution is 2.37. The lowest BCUT2D eigenvalue weighted by Crippen LogP contribution is -2.43. The second kappa shape index (κ2) is 3.94. The van der Waals surface area contributed by atoms with Crippen molar-refractivity contribution in [3.63, 3.8) is 0 Å². The van der Waals surface area contributed by atoms with Crippen LogP contribution in [-0.2, 0) is 4.79 Å². The third-order valence-electron chi connectivity index (χ3n) is 3.12. The first-order valence-electron chi connectivity index (χ1n) is 5.19. The molecule has 1 aliphatic heterocycles. The summed E-state index contributed by atoms with van der Waals surface area (Å²) in [7, 11) is 0. The Hall–Kier alpha value is -0.730. The summed E-state index contributed by atoms with van der Waals surface area (Å²) in [5.41, 5.74) is 0.346. The van der Waals surface area contributed by atoms with Gasteiger partial charge in [0.1, 0.15) is 0 Å². The van der Waals surface area contributed by atoms with Crippen LogP contribution in [0.3, 0.4) is 0 Å². The minimum Gasteiger partial charge on any atom is -0.358 e. The minimum absolute atomic E-state index is 0.239. The first-order chi connectivity index (χ1) is 7.43. The van der Waals surface area contributed by atoms with Crippen LogP contribution in [0.5, 0.6) is 0 Å². The minimum atomic E-state index is -0.492. The fraction of sp³-hybridized carbons (Fsp3) is 0.417. The van der Waals surface area contributed by atoms with Gasteiger partial charge < -0.3 is 4.90 Å². The highest BCUT2D eigenvalue weighted by Gasteiger charge is 2.40. The quantitative estimate of drug-likeness (QED) is 0.767. The maximum atomic E-state index is 11.8. The average molecular weight is 258 g/mol. The van der Waals surface area contributed by atoms with Crippen molar-refractivity contribution in [2.75, 3.05) is 11.4 Å². The van der Waals surface area contributed by atoms with E-state index >= 15 is 0 Å². The largest absolute Gasteiger partial charge is 0.358 e. The molecule has 0 atom stereocenters. The highest BCUT2D eigenvalue weighted by atomic mass is 35.5. The van der Waals surface area contributed by atoms with Gasteiger partial charge in [-0.25, -0.2) is 0 Å². The van der Waals surface area contributed by atoms with E-state index < -0.39 is 5.54 Å². The van der Waals surface area contributed by atoms with Gasteiger partial charge in [-0.1, -0.05) is 23.2 Å². The molecule has 0 aliphatic carbocycles. The summed E-state index contributed by atoms with van der Waals surface area (Å²) >= 11 is 12.1. The number of hydrogen-bond acceptors (Lipinski definition) is 2. The van der Waals surface area contributed by atoms with Crippen molar-refractivity contribution in [2.24, 2.45) is 0 Å². The average Bonchev–Trinajstić information content (AvgIpc) is 2.47. The van der Waals surface area contributed by atoms with Gasteiger partial charge in [-0.2, -0.15) is 0 Å². The molecule has 0 spiro atoms. The number of hydrogen-bond donors (Lipinski definition) is 0. The highest BCUT2D eigenvalue weighted by molar-refractivity contribution is 6.35. The van der Waals surface area contributed by atoms with Crippen molar-refractivity contribution >= 4 is 34.7 Å². The maximum absolute atomic E-state index is 11.8. The Morgan fingerprint density at radius 1 is 1.31 bits per heavy atom. The third-order valence-corrected chi connectivity index (χ3v) is 3.67. The number of rotatable bonds is 1. The summed E-state index contributed by atoms with van der Waals surface area (Å²) in [5.74, 6) is 0.239. The van der Waals surface area contributed by atoms with Gasteiger partial charge in [-0.05, 0) is 32.0 Å². The summed E-state index contributed by atoms with van der Waals surface area (Å²) in [6.45, 7) is 4.53. The molecule has 4 heteroatoms. The van der Waals surface area contributed by atoms with E-state index in [4.69, 9.17) is 23.2 Å². The van der Waals surface area contributed by atoms with Crippen molar-refractivity contribution in [3.8, 4) is 0 Å². The Labute approximate surface area is 105 Å². The summed E-state index contributed by atoms with van der Waals surface area (Å²) < 4.78 is 0. The Kier molecular flexibility index (Phi) is 2.89. The SMILES string of the molecule is CC1(C)C(=O)CCN1c1cc(Cl)ccc1Cl. The molecule has 0 saturated carbocycles. The second-order valence-corrected chi connectivity index (χ2v) is 5.32. The molecular formula is C12H13Cl2NO. The lowest BCUT2D eigenvalue weighted by Gasteiger charge is -2.32. The van der Waals surface area contributed by atoms with Gasteiger partial charge in [0.2, 0.25) is 0 Å². The Morgan fingerprint density at radius 3 is 2.56 bits per heavy atom. The number of benzene rings is 1. The zero-order valence-electron chi connectivity index (χ0n) is 9.26. The van der Waals surface area contributed by atoms with Crippen LogP contribution in [0.1, 0.15) is 20.3 Å². The van der Waals surface area contributed by atoms with Gasteiger partial charge in [0.25, 0.3) is 0 Å². The van der Waals surface area contributed by atoms with Crippen LogP contribution in [0.4, 0.5) is 5.69 Å². The first-order valence-corrected chi connectivity index (χ1v) is 5.94. The van der Waals surface area contributed by atoms with Crippen molar-refractivity contribution < 1.29 is 4.79 Å². The molecule has 0 radical (unpaired) electrons. The molecule has 1 fully saturated rings. The van der Waals surface area contributed by atoms with Gasteiger partial charge in [0, 0.05) is 18.0 Å². The van der Waals surface area contributed by atoms with Crippen LogP contribution in [0.2, 0.25) is 10.0 Å². The monoisotopic (exact) mass is 257 g/mol. The molecule has 0 amide bonds. The number of carbonyl (C=O) groups excluding carboxylic acids is 1. The zero-order chi connectivity index (χ0) is 11.9. The van der Waals surface area contributed by atoms with Gasteiger partial charge in [0.05, 0.1) is 16.2 Å². The molecule has 1 aromatic carbocycles. The summed E-state index contributed by atoms with van der Waals surface area (Å²) in [6.07, 6.45) is 0.565. The molecule has 16 heavy (non-hydrogen) atoms. The maximum Gasteiger partial charge on any atom is 0.159 e. The van der Waals surface area contributed by atoms with Gasteiger partial charge in [0.15, 0.2) is 5.78 Å². The lowest BCUT2D eigenvalue weighted by atomic mass is 10.00. The first kappa shape index (κ1) is 11.7. The van der Waals surface area contributed by atoms with Crippen LogP contribution < -0.4 is 4.90 Å². The molecule has 1 heterocycles. The van der Waals surface area contributed by atoms with E-state index in [1.54, 1.807) is 12.1 Å². The molecule has 0 N–H and O–H groups in total. The van der Waals surface area contributed by atoms with E-state index in [0.717, 1.165) is 5.69 Å². The Morgan fingerprint density at radius 2 is 2.00 bits per heavy atom. The second-order valence-electron chi connectivity index (χ2n) is 4.48. The van der Waals surface area contributed by atoms with E-state index in [0.29, 0.717) is 23.0 Å². The smallest absolute Gasteiger partial charge is 0.159 e. The van der Waals surface area contributed by atoms with E-state index in [9.17, 15) is 4.79 Å². The Balaban J connectivity index is 2.45. The predicted octanol–water partition coefficient (Wildman–Crippen LogP) is 3.55. The van der Waals surface area contributed by atoms with E-state index in [-0.39, 0.29) is 5.78 Å². The normalized spacial score (nSPS) is 19.2. The van der Waals surface area contributed by atoms with Crippen LogP contribution in [0.25, 0.3) is 0 Å². The van der Waals surface area contributed by atoms with E-state index in [2.05, 4.69) is 0 Å². The fourth-order valence-corrected chi connectivity index (χ4v) is 2.45. The molecule has 86 valence electrons. The molecule has 1 aliphatic rings. The van der Waals surface area contributed by atoms with Crippen molar-refractivity contribution in [3.05, 3.63) is 28.2 Å². The summed E-state index contributed by atoms with van der Waals surface area (Å²) in [5, 5.41) is 1.27. The van der Waals surface area contributed by atoms with Crippen LogP contribution in [-0.4, -0.2) is 17.9 Å². The van der Waals surface area contributed by atoms with Crippen molar-refractivity contribution in [2.45, 2.75) is 25.8 Å². The molecular weight excluding hydrogens is 245 g/mol. The van der Waals surface area contributed by atoms with Crippen LogP contribution in [0, 0.1) is 0 Å². The van der Waals surface area contributed by atoms with Gasteiger partial charge >= 0.3 is 0 Å². The molecule has 1 aromatic rings. The standard InChI is InChI=1S/C12H13Cl2NO/c1-12(2)11(16)5-6-15(12)10-7-8(13)3-4-9(10)14/h3-4,7H,5-6H2,1-2H3. The Bertz CT molecular complexity index is 443. The fourth-order valence-electron chi connectivity index (χ4n) is 2.06. The number of ketones is 1. The number of anilines is 1. The zero-order valence-corrected chi connectivity index (χ0v) is 10.8. The van der Waals surface area contributed by atoms with Crippen molar-refractivity contribution in [1.29, 1.82) is 0 Å². The van der Waals surface area contributed by atoms with Gasteiger partial charge in [-0.15, -0.1) is 0 Å². The molecule has 2 rings (SSSR count). The van der Waals surface area contributed by atoms with Gasteiger partial charge in [-0.3, -0.25) is 4.79 Å². The molecule has 0 unspecified atom stereocenters. The van der Waals surface area contributed by atoms with Crippen LogP contribution >= 0.6 is 23.2 Å². The lowest BCUT2D eigenvalue weighted by molar-refractivity contribution is -0.120. The third kappa shape index (κ3) is 1.80. The molecule has 0 bridgehead atoms. The number of nitrogens with zero attached hydrogens (tertiary/aromatic N) is 1. The molecule has 1 saturated heterocycles. The number of carbonyl (C=O) groups is 1. The summed E-state index contributed by atoms with van der Waals surface area (Å²) in [6, 6.07) is 5.32. The van der Waals surface area contributed by atoms with Crippen LogP contribution in [0.15, 0.2) is 18.2 Å². The van der Waals surface area contributed by atoms with E-state index in [1.165, 1.54) is 0 Å². The van der Waals surface area contributed by atoms with Crippen molar-refractivity contribution in [1.82, 2.24) is 0 Å².